The molecule has 90 valence electrons. The Morgan fingerprint density at radius 2 is 1.14 bits per heavy atom. The lowest BCUT2D eigenvalue weighted by Crippen LogP contribution is -1.61. The van der Waals surface area contributed by atoms with E-state index in [-0.39, 0.29) is 0 Å². The Morgan fingerprint density at radius 1 is 0.857 bits per heavy atom. The zero-order valence-corrected chi connectivity index (χ0v) is 11.8. The molecule has 0 aromatic carbocycles. The first-order chi connectivity index (χ1) is 6.74. The highest BCUT2D eigenvalue weighted by molar-refractivity contribution is 4.64. The van der Waals surface area contributed by atoms with Crippen LogP contribution >= 0.6 is 0 Å². The molecule has 14 heavy (non-hydrogen) atoms. The fourth-order valence-electron chi connectivity index (χ4n) is 0.348. The minimum atomic E-state index is 1.18. The quantitative estimate of drug-likeness (QED) is 0.376. The third-order valence-corrected chi connectivity index (χ3v) is 0.762. The van der Waals surface area contributed by atoms with Crippen LogP contribution in [0.3, 0.4) is 0 Å². The number of rotatable bonds is 3. The van der Waals surface area contributed by atoms with Crippen molar-refractivity contribution in [1.82, 2.24) is 0 Å². The summed E-state index contributed by atoms with van der Waals surface area (Å²) in [5.74, 6) is 0. The van der Waals surface area contributed by atoms with E-state index < -0.39 is 0 Å². The molecule has 0 fully saturated rings. The predicted molar refractivity (Wildman–Crippen MR) is 73.0 cm³/mol. The molecule has 0 aliphatic rings. The van der Waals surface area contributed by atoms with Crippen molar-refractivity contribution in [2.75, 3.05) is 0 Å². The molecule has 0 aliphatic heterocycles. The standard InChI is InChI=1S/C6H12.2C3H8.C2H6/c1-3-5-6-4-2;2*1-3-2;1-2/h3H,1,4-6H2,2H3;2*3H2,1-2H3;1-2H3. The largest absolute Gasteiger partial charge is 0.103 e. The van der Waals surface area contributed by atoms with Crippen molar-refractivity contribution in [1.29, 1.82) is 0 Å². The Kier molecular flexibility index (Phi) is 89.5. The normalized spacial score (nSPS) is 6.50. The van der Waals surface area contributed by atoms with Crippen LogP contribution in [-0.4, -0.2) is 0 Å². The Bertz CT molecular complexity index is 44.0. The first kappa shape index (κ1) is 23.5. The van der Waals surface area contributed by atoms with Crippen molar-refractivity contribution < 1.29 is 0 Å². The summed E-state index contributed by atoms with van der Waals surface area (Å²) in [6.45, 7) is 18.3. The van der Waals surface area contributed by atoms with Crippen molar-refractivity contribution in [2.24, 2.45) is 0 Å². The number of unbranched alkanes of at least 4 members (excludes halogenated alkanes) is 2. The lowest BCUT2D eigenvalue weighted by atomic mass is 10.3. The summed E-state index contributed by atoms with van der Waals surface area (Å²) in [6.07, 6.45) is 8.22. The molecule has 0 aromatic rings. The first-order valence-electron chi connectivity index (χ1n) is 6.35. The summed E-state index contributed by atoms with van der Waals surface area (Å²) >= 11 is 0. The molecule has 0 saturated heterocycles. The zero-order valence-electron chi connectivity index (χ0n) is 11.8. The predicted octanol–water partition coefficient (Wildman–Crippen LogP) is 6.22. The first-order valence-corrected chi connectivity index (χ1v) is 6.35. The highest BCUT2D eigenvalue weighted by Crippen LogP contribution is 1.91. The van der Waals surface area contributed by atoms with E-state index in [0.29, 0.717) is 0 Å². The molecule has 0 aliphatic carbocycles. The van der Waals surface area contributed by atoms with E-state index in [1.807, 2.05) is 19.9 Å². The number of allylic oxidation sites excluding steroid dienone is 1. The molecule has 0 nitrogen and oxygen atoms in total. The van der Waals surface area contributed by atoms with Crippen LogP contribution in [0.15, 0.2) is 12.7 Å². The minimum absolute atomic E-state index is 1.18. The molecule has 0 aromatic heterocycles. The summed E-state index contributed by atoms with van der Waals surface area (Å²) in [4.78, 5) is 0. The van der Waals surface area contributed by atoms with Gasteiger partial charge in [0.25, 0.3) is 0 Å². The Balaban J connectivity index is -0.0000000536. The lowest BCUT2D eigenvalue weighted by Gasteiger charge is -1.81. The highest BCUT2D eigenvalue weighted by atomic mass is 13.8. The Hall–Kier alpha value is -0.260. The van der Waals surface area contributed by atoms with Crippen molar-refractivity contribution in [3.8, 4) is 0 Å². The van der Waals surface area contributed by atoms with E-state index in [1.165, 1.54) is 32.1 Å². The minimum Gasteiger partial charge on any atom is -0.103 e. The molecule has 0 radical (unpaired) electrons. The van der Waals surface area contributed by atoms with Gasteiger partial charge in [0.2, 0.25) is 0 Å². The smallest absolute Gasteiger partial charge is 0.0354 e. The van der Waals surface area contributed by atoms with Gasteiger partial charge in [-0.15, -0.1) is 6.58 Å². The van der Waals surface area contributed by atoms with Gasteiger partial charge in [0.15, 0.2) is 0 Å². The Morgan fingerprint density at radius 3 is 1.21 bits per heavy atom. The van der Waals surface area contributed by atoms with E-state index in [4.69, 9.17) is 0 Å². The third-order valence-electron chi connectivity index (χ3n) is 0.762. The van der Waals surface area contributed by atoms with Gasteiger partial charge in [0.05, 0.1) is 0 Å². The van der Waals surface area contributed by atoms with E-state index >= 15 is 0 Å². The van der Waals surface area contributed by atoms with Gasteiger partial charge >= 0.3 is 0 Å². The molecule has 0 saturated carbocycles. The summed E-state index contributed by atoms with van der Waals surface area (Å²) in [7, 11) is 0. The van der Waals surface area contributed by atoms with Crippen LogP contribution < -0.4 is 0 Å². The van der Waals surface area contributed by atoms with Gasteiger partial charge in [0.1, 0.15) is 0 Å². The molecule has 0 N–H and O–H groups in total. The van der Waals surface area contributed by atoms with Crippen molar-refractivity contribution in [3.63, 3.8) is 0 Å². The fraction of sp³-hybridized carbons (Fsp3) is 0.857. The monoisotopic (exact) mass is 202 g/mol. The molecular weight excluding hydrogens is 168 g/mol. The summed E-state index contributed by atoms with van der Waals surface area (Å²) < 4.78 is 0. The summed E-state index contributed by atoms with van der Waals surface area (Å²) in [5, 5.41) is 0. The zero-order chi connectivity index (χ0) is 12.2. The number of hydrogen-bond donors (Lipinski definition) is 0. The van der Waals surface area contributed by atoms with Crippen molar-refractivity contribution in [3.05, 3.63) is 12.7 Å². The van der Waals surface area contributed by atoms with Crippen LogP contribution in [0.2, 0.25) is 0 Å². The molecular formula is C14H34. The van der Waals surface area contributed by atoms with E-state index in [0.717, 1.165) is 0 Å². The van der Waals surface area contributed by atoms with Gasteiger partial charge in [-0.3, -0.25) is 0 Å². The molecule has 0 amide bonds. The molecule has 0 rings (SSSR count). The van der Waals surface area contributed by atoms with Gasteiger partial charge < -0.3 is 0 Å². The van der Waals surface area contributed by atoms with Gasteiger partial charge in [-0.2, -0.15) is 0 Å². The summed E-state index contributed by atoms with van der Waals surface area (Å²) in [5.41, 5.74) is 0. The number of hydrogen-bond acceptors (Lipinski definition) is 0. The molecule has 0 unspecified atom stereocenters. The lowest BCUT2D eigenvalue weighted by molar-refractivity contribution is 0.816. The molecule has 0 heterocycles. The third kappa shape index (κ3) is 180. The van der Waals surface area contributed by atoms with Crippen molar-refractivity contribution >= 4 is 0 Å². The van der Waals surface area contributed by atoms with E-state index in [2.05, 4.69) is 41.2 Å². The second kappa shape index (κ2) is 53.3. The molecule has 0 bridgehead atoms. The topological polar surface area (TPSA) is 0 Å². The van der Waals surface area contributed by atoms with Crippen LogP contribution in [-0.2, 0) is 0 Å². The second-order valence-corrected chi connectivity index (χ2v) is 2.85. The highest BCUT2D eigenvalue weighted by Gasteiger charge is 1.71. The van der Waals surface area contributed by atoms with Crippen LogP contribution in [0.1, 0.15) is 80.6 Å². The second-order valence-electron chi connectivity index (χ2n) is 2.85. The fourth-order valence-corrected chi connectivity index (χ4v) is 0.348. The van der Waals surface area contributed by atoms with Gasteiger partial charge in [-0.1, -0.05) is 80.2 Å². The van der Waals surface area contributed by atoms with Crippen LogP contribution in [0.25, 0.3) is 0 Å². The van der Waals surface area contributed by atoms with Crippen LogP contribution in [0, 0.1) is 0 Å². The Labute approximate surface area is 93.8 Å². The van der Waals surface area contributed by atoms with E-state index in [1.54, 1.807) is 0 Å². The average Bonchev–Trinajstić information content (AvgIpc) is 2.20. The molecule has 0 heteroatoms. The summed E-state index contributed by atoms with van der Waals surface area (Å²) in [6, 6.07) is 0. The molecule has 0 atom stereocenters. The maximum atomic E-state index is 3.60. The SMILES string of the molecule is C=CCCCC.CC.CCC.CCC. The maximum absolute atomic E-state index is 3.60. The maximum Gasteiger partial charge on any atom is -0.0354 e. The average molecular weight is 202 g/mol. The van der Waals surface area contributed by atoms with Gasteiger partial charge in [0, 0.05) is 0 Å². The van der Waals surface area contributed by atoms with Crippen molar-refractivity contribution in [2.45, 2.75) is 80.6 Å². The van der Waals surface area contributed by atoms with Crippen LogP contribution in [0.4, 0.5) is 0 Å². The van der Waals surface area contributed by atoms with Gasteiger partial charge in [-0.05, 0) is 6.42 Å². The van der Waals surface area contributed by atoms with Crippen LogP contribution in [0.5, 0.6) is 0 Å². The van der Waals surface area contributed by atoms with E-state index in [9.17, 15) is 0 Å². The van der Waals surface area contributed by atoms with Gasteiger partial charge in [-0.25, -0.2) is 0 Å². The molecule has 0 spiro atoms.